The van der Waals surface area contributed by atoms with Gasteiger partial charge in [0.1, 0.15) is 5.82 Å². The number of rotatable bonds is 4. The Morgan fingerprint density at radius 1 is 1.05 bits per heavy atom. The van der Waals surface area contributed by atoms with Gasteiger partial charge in [-0.1, -0.05) is 48.0 Å². The lowest BCUT2D eigenvalue weighted by Crippen LogP contribution is -2.33. The Morgan fingerprint density at radius 3 is 2.45 bits per heavy atom. The minimum absolute atomic E-state index is 0.268. The molecule has 1 aliphatic rings. The molecule has 3 heteroatoms. The van der Waals surface area contributed by atoms with Gasteiger partial charge >= 0.3 is 0 Å². The smallest absolute Gasteiger partial charge is 0.124 e. The Morgan fingerprint density at radius 2 is 1.77 bits per heavy atom. The Hall–Kier alpha value is -1.38. The molecule has 3 rings (SSSR count). The highest BCUT2D eigenvalue weighted by atomic mass is 35.5. The lowest BCUT2D eigenvalue weighted by molar-refractivity contribution is 0.177. The summed E-state index contributed by atoms with van der Waals surface area (Å²) in [7, 11) is 0. The second-order valence-electron chi connectivity index (χ2n) is 6.14. The number of nitrogens with zero attached hydrogens (tertiary/aromatic N) is 1. The van der Waals surface area contributed by atoms with Crippen LogP contribution < -0.4 is 0 Å². The molecule has 2 aromatic carbocycles. The second-order valence-corrected chi connectivity index (χ2v) is 6.55. The lowest BCUT2D eigenvalue weighted by atomic mass is 9.90. The zero-order valence-electron chi connectivity index (χ0n) is 12.6. The molecule has 1 aliphatic heterocycles. The first-order chi connectivity index (χ1) is 10.7. The standard InChI is InChI=1S/C19H21ClFN/c20-19-13-18(21)7-6-17(19)14-22-10-8-16(9-11-22)12-15-4-2-1-3-5-15/h1-7,13,16H,8-12,14H2. The van der Waals surface area contributed by atoms with Gasteiger partial charge in [-0.2, -0.15) is 0 Å². The molecule has 0 atom stereocenters. The van der Waals surface area contributed by atoms with Crippen molar-refractivity contribution in [3.8, 4) is 0 Å². The van der Waals surface area contributed by atoms with Crippen molar-refractivity contribution in [2.45, 2.75) is 25.8 Å². The van der Waals surface area contributed by atoms with Crippen molar-refractivity contribution in [2.75, 3.05) is 13.1 Å². The molecule has 1 heterocycles. The molecule has 1 nitrogen and oxygen atoms in total. The lowest BCUT2D eigenvalue weighted by Gasteiger charge is -2.32. The molecule has 0 aliphatic carbocycles. The van der Waals surface area contributed by atoms with Crippen molar-refractivity contribution in [3.63, 3.8) is 0 Å². The molecule has 22 heavy (non-hydrogen) atoms. The van der Waals surface area contributed by atoms with E-state index in [1.54, 1.807) is 6.07 Å². The van der Waals surface area contributed by atoms with E-state index in [0.717, 1.165) is 31.1 Å². The Kier molecular flexibility index (Phi) is 5.12. The van der Waals surface area contributed by atoms with Crippen molar-refractivity contribution in [1.29, 1.82) is 0 Å². The first-order valence-corrected chi connectivity index (χ1v) is 8.29. The van der Waals surface area contributed by atoms with Crippen molar-refractivity contribution in [2.24, 2.45) is 5.92 Å². The summed E-state index contributed by atoms with van der Waals surface area (Å²) in [6.07, 6.45) is 3.60. The van der Waals surface area contributed by atoms with Crippen LogP contribution in [0.3, 0.4) is 0 Å². The van der Waals surface area contributed by atoms with Crippen molar-refractivity contribution < 1.29 is 4.39 Å². The molecular weight excluding hydrogens is 297 g/mol. The van der Waals surface area contributed by atoms with Gasteiger partial charge in [0.2, 0.25) is 0 Å². The molecule has 1 fully saturated rings. The quantitative estimate of drug-likeness (QED) is 0.772. The summed E-state index contributed by atoms with van der Waals surface area (Å²) < 4.78 is 13.1. The van der Waals surface area contributed by atoms with E-state index in [9.17, 15) is 4.39 Å². The van der Waals surface area contributed by atoms with Crippen molar-refractivity contribution in [3.05, 3.63) is 70.5 Å². The molecule has 116 valence electrons. The van der Waals surface area contributed by atoms with E-state index in [4.69, 9.17) is 11.6 Å². The highest BCUT2D eigenvalue weighted by Gasteiger charge is 2.20. The van der Waals surface area contributed by atoms with Crippen molar-refractivity contribution >= 4 is 11.6 Å². The van der Waals surface area contributed by atoms with Gasteiger partial charge in [-0.25, -0.2) is 4.39 Å². The molecule has 0 N–H and O–H groups in total. The molecule has 1 saturated heterocycles. The van der Waals surface area contributed by atoms with Gasteiger partial charge in [0.05, 0.1) is 0 Å². The van der Waals surface area contributed by atoms with Crippen LogP contribution in [0.4, 0.5) is 4.39 Å². The number of benzene rings is 2. The fraction of sp³-hybridized carbons (Fsp3) is 0.368. The molecule has 0 saturated carbocycles. The third kappa shape index (κ3) is 4.08. The number of hydrogen-bond donors (Lipinski definition) is 0. The summed E-state index contributed by atoms with van der Waals surface area (Å²) >= 11 is 6.12. The Labute approximate surface area is 136 Å². The van der Waals surface area contributed by atoms with E-state index in [1.165, 1.54) is 37.0 Å². The van der Waals surface area contributed by atoms with Crippen LogP contribution in [0.2, 0.25) is 5.02 Å². The SMILES string of the molecule is Fc1ccc(CN2CCC(Cc3ccccc3)CC2)c(Cl)c1. The van der Waals surface area contributed by atoms with E-state index >= 15 is 0 Å². The predicted molar refractivity (Wildman–Crippen MR) is 89.6 cm³/mol. The summed E-state index contributed by atoms with van der Waals surface area (Å²) in [6, 6.07) is 15.4. The summed E-state index contributed by atoms with van der Waals surface area (Å²) in [4.78, 5) is 2.42. The maximum absolute atomic E-state index is 13.1. The first-order valence-electron chi connectivity index (χ1n) is 7.91. The van der Waals surface area contributed by atoms with Gasteiger partial charge in [-0.15, -0.1) is 0 Å². The summed E-state index contributed by atoms with van der Waals surface area (Å²) in [5.41, 5.74) is 2.45. The third-order valence-corrected chi connectivity index (χ3v) is 4.84. The highest BCUT2D eigenvalue weighted by Crippen LogP contribution is 2.25. The monoisotopic (exact) mass is 317 g/mol. The minimum atomic E-state index is -0.268. The van der Waals surface area contributed by atoms with Gasteiger partial charge in [0.15, 0.2) is 0 Å². The number of likely N-dealkylation sites (tertiary alicyclic amines) is 1. The highest BCUT2D eigenvalue weighted by molar-refractivity contribution is 6.31. The Bertz CT molecular complexity index is 606. The van der Waals surface area contributed by atoms with Crippen LogP contribution in [0.1, 0.15) is 24.0 Å². The first kappa shape index (κ1) is 15.5. The van der Waals surface area contributed by atoms with Gasteiger partial charge in [0.25, 0.3) is 0 Å². The van der Waals surface area contributed by atoms with Crippen LogP contribution in [0.5, 0.6) is 0 Å². The molecule has 0 amide bonds. The van der Waals surface area contributed by atoms with Crippen LogP contribution in [0.15, 0.2) is 48.5 Å². The average molecular weight is 318 g/mol. The molecule has 2 aromatic rings. The van der Waals surface area contributed by atoms with E-state index in [0.29, 0.717) is 5.02 Å². The topological polar surface area (TPSA) is 3.24 Å². The van der Waals surface area contributed by atoms with Crippen LogP contribution >= 0.6 is 11.6 Å². The van der Waals surface area contributed by atoms with E-state index < -0.39 is 0 Å². The zero-order valence-corrected chi connectivity index (χ0v) is 13.4. The largest absolute Gasteiger partial charge is 0.299 e. The predicted octanol–water partition coefficient (Wildman–Crippen LogP) is 4.93. The molecule has 0 aromatic heterocycles. The summed E-state index contributed by atoms with van der Waals surface area (Å²) in [5, 5.41) is 0.534. The molecule has 0 radical (unpaired) electrons. The zero-order chi connectivity index (χ0) is 15.4. The molecule has 0 unspecified atom stereocenters. The van der Waals surface area contributed by atoms with Crippen LogP contribution in [0, 0.1) is 11.7 Å². The summed E-state index contributed by atoms with van der Waals surface area (Å²) in [5.74, 6) is 0.498. The van der Waals surface area contributed by atoms with Crippen LogP contribution in [0.25, 0.3) is 0 Å². The maximum Gasteiger partial charge on any atom is 0.124 e. The normalized spacial score (nSPS) is 16.8. The molecular formula is C19H21ClFN. The second kappa shape index (κ2) is 7.26. The fourth-order valence-electron chi connectivity index (χ4n) is 3.19. The fourth-order valence-corrected chi connectivity index (χ4v) is 3.41. The van der Waals surface area contributed by atoms with Crippen LogP contribution in [-0.4, -0.2) is 18.0 Å². The van der Waals surface area contributed by atoms with Gasteiger partial charge in [-0.3, -0.25) is 4.90 Å². The van der Waals surface area contributed by atoms with E-state index in [-0.39, 0.29) is 5.82 Å². The van der Waals surface area contributed by atoms with Crippen LogP contribution in [-0.2, 0) is 13.0 Å². The third-order valence-electron chi connectivity index (χ3n) is 4.48. The van der Waals surface area contributed by atoms with Gasteiger partial charge in [-0.05, 0) is 61.5 Å². The number of piperidine rings is 1. The van der Waals surface area contributed by atoms with E-state index in [1.807, 2.05) is 0 Å². The maximum atomic E-state index is 13.1. The average Bonchev–Trinajstić information content (AvgIpc) is 2.53. The number of hydrogen-bond acceptors (Lipinski definition) is 1. The Balaban J connectivity index is 1.51. The minimum Gasteiger partial charge on any atom is -0.299 e. The number of halogens is 2. The summed E-state index contributed by atoms with van der Waals surface area (Å²) in [6.45, 7) is 2.99. The van der Waals surface area contributed by atoms with Crippen molar-refractivity contribution in [1.82, 2.24) is 4.90 Å². The van der Waals surface area contributed by atoms with E-state index in [2.05, 4.69) is 35.2 Å². The molecule has 0 spiro atoms. The molecule has 0 bridgehead atoms. The van der Waals surface area contributed by atoms with Gasteiger partial charge in [0, 0.05) is 11.6 Å². The van der Waals surface area contributed by atoms with Gasteiger partial charge < -0.3 is 0 Å².